The molecule has 9 nitrogen and oxygen atoms in total. The molecule has 30 heavy (non-hydrogen) atoms. The van der Waals surface area contributed by atoms with Crippen LogP contribution in [0, 0.1) is 0 Å². The summed E-state index contributed by atoms with van der Waals surface area (Å²) in [5, 5.41) is 33.3. The molecule has 4 atom stereocenters. The number of aliphatic hydroxyl groups excluding tert-OH is 1. The maximum absolute atomic E-state index is 13.8. The van der Waals surface area contributed by atoms with Gasteiger partial charge in [-0.05, 0) is 18.1 Å². The van der Waals surface area contributed by atoms with E-state index in [-0.39, 0.29) is 0 Å². The molecule has 0 aliphatic carbocycles. The predicted molar refractivity (Wildman–Crippen MR) is 101 cm³/mol. The molecule has 1 unspecified atom stereocenters. The van der Waals surface area contributed by atoms with Crippen LogP contribution in [0.3, 0.4) is 0 Å². The monoisotopic (exact) mass is 422 g/mol. The minimum atomic E-state index is -2.64. The summed E-state index contributed by atoms with van der Waals surface area (Å²) in [6.07, 6.45) is -2.88. The van der Waals surface area contributed by atoms with Crippen LogP contribution in [0.5, 0.6) is 0 Å². The molecule has 3 rings (SSSR count). The first-order valence-corrected chi connectivity index (χ1v) is 9.36. The molecule has 2 aromatic rings. The van der Waals surface area contributed by atoms with Gasteiger partial charge in [0, 0.05) is 12.6 Å². The molecule has 1 aromatic heterocycles. The number of carbonyl (C=O) groups is 2. The molecule has 162 valence electrons. The number of hydrogen-bond donors (Lipinski definition) is 3. The van der Waals surface area contributed by atoms with Crippen molar-refractivity contribution in [2.24, 2.45) is 0 Å². The molecule has 0 amide bonds. The second-order valence-corrected chi connectivity index (χ2v) is 7.27. The van der Waals surface area contributed by atoms with E-state index in [1.54, 1.807) is 4.68 Å². The zero-order valence-corrected chi connectivity index (χ0v) is 16.2. The van der Waals surface area contributed by atoms with Gasteiger partial charge in [-0.25, -0.2) is 14.0 Å². The van der Waals surface area contributed by atoms with E-state index in [1.165, 1.54) is 19.3 Å². The third kappa shape index (κ3) is 4.50. The molecule has 0 saturated carbocycles. The van der Waals surface area contributed by atoms with E-state index in [4.69, 9.17) is 9.47 Å². The van der Waals surface area contributed by atoms with Gasteiger partial charge in [-0.15, -0.1) is 0 Å². The second-order valence-electron chi connectivity index (χ2n) is 7.27. The number of alkyl halides is 1. The molecule has 0 bridgehead atoms. The van der Waals surface area contributed by atoms with Crippen molar-refractivity contribution < 1.29 is 38.8 Å². The number of hydrogen-bond acceptors (Lipinski definition) is 6. The molecule has 10 heteroatoms. The fraction of sp³-hybridized carbons (Fsp3) is 0.450. The van der Waals surface area contributed by atoms with Gasteiger partial charge in [0.05, 0.1) is 25.5 Å². The van der Waals surface area contributed by atoms with Crippen LogP contribution in [-0.4, -0.2) is 73.7 Å². The van der Waals surface area contributed by atoms with Crippen molar-refractivity contribution in [2.45, 2.75) is 50.0 Å². The smallest absolute Gasteiger partial charge is 0.348 e. The third-order valence-electron chi connectivity index (χ3n) is 5.06. The summed E-state index contributed by atoms with van der Waals surface area (Å²) in [5.74, 6) is -3.44. The average Bonchev–Trinajstić information content (AvgIpc) is 3.24. The summed E-state index contributed by atoms with van der Waals surface area (Å²) >= 11 is 0. The van der Waals surface area contributed by atoms with Crippen LogP contribution in [0.25, 0.3) is 0 Å². The van der Waals surface area contributed by atoms with E-state index in [1.807, 2.05) is 30.3 Å². The number of carboxylic acids is 2. The van der Waals surface area contributed by atoms with Crippen molar-refractivity contribution in [1.29, 1.82) is 0 Å². The van der Waals surface area contributed by atoms with E-state index in [0.717, 1.165) is 5.56 Å². The fourth-order valence-electron chi connectivity index (χ4n) is 3.34. The number of rotatable bonds is 9. The molecule has 1 fully saturated rings. The lowest BCUT2D eigenvalue weighted by molar-refractivity contribution is -0.189. The van der Waals surface area contributed by atoms with Crippen LogP contribution in [-0.2, 0) is 32.0 Å². The van der Waals surface area contributed by atoms with E-state index in [9.17, 15) is 29.3 Å². The molecule has 1 saturated heterocycles. The van der Waals surface area contributed by atoms with Crippen LogP contribution in [0.2, 0.25) is 0 Å². The standard InChI is InChI=1S/C20H23FN2O7/c1-12-16(21)17(24)15(30-12)11-29-20(18(25)26,19(27)28)7-14-8-22-23(10-14)9-13-5-3-2-4-6-13/h2-6,8,10,12,15-17,24H,7,9,11H2,1H3,(H,25,26)(H,27,28)/t12?,15-,16-,17-/m1/s1. The van der Waals surface area contributed by atoms with Crippen LogP contribution in [0.4, 0.5) is 4.39 Å². The Morgan fingerprint density at radius 3 is 2.47 bits per heavy atom. The highest BCUT2D eigenvalue weighted by Crippen LogP contribution is 2.27. The van der Waals surface area contributed by atoms with E-state index >= 15 is 0 Å². The Balaban J connectivity index is 1.74. The highest BCUT2D eigenvalue weighted by molar-refractivity contribution is 6.02. The summed E-state index contributed by atoms with van der Waals surface area (Å²) in [7, 11) is 0. The Bertz CT molecular complexity index is 874. The Morgan fingerprint density at radius 2 is 1.90 bits per heavy atom. The lowest BCUT2D eigenvalue weighted by Crippen LogP contribution is -2.52. The number of nitrogens with zero attached hydrogens (tertiary/aromatic N) is 2. The minimum Gasteiger partial charge on any atom is -0.479 e. The van der Waals surface area contributed by atoms with Gasteiger partial charge in [0.15, 0.2) is 6.17 Å². The summed E-state index contributed by atoms with van der Waals surface area (Å²) in [6, 6.07) is 9.41. The van der Waals surface area contributed by atoms with Crippen molar-refractivity contribution >= 4 is 11.9 Å². The molecule has 1 aromatic carbocycles. The zero-order valence-electron chi connectivity index (χ0n) is 16.2. The molecule has 1 aliphatic rings. The van der Waals surface area contributed by atoms with Crippen molar-refractivity contribution in [3.05, 3.63) is 53.9 Å². The second kappa shape index (κ2) is 8.90. The molecule has 0 radical (unpaired) electrons. The van der Waals surface area contributed by atoms with Crippen LogP contribution in [0.15, 0.2) is 42.7 Å². The van der Waals surface area contributed by atoms with Gasteiger partial charge < -0.3 is 24.8 Å². The Kier molecular flexibility index (Phi) is 6.49. The first-order chi connectivity index (χ1) is 14.2. The number of halogens is 1. The van der Waals surface area contributed by atoms with Crippen molar-refractivity contribution in [3.63, 3.8) is 0 Å². The van der Waals surface area contributed by atoms with E-state index in [0.29, 0.717) is 12.1 Å². The SMILES string of the molecule is CC1O[C@H](COC(Cc2cnn(Cc3ccccc3)c2)(C(=O)O)C(=O)O)[C@@H](O)[C@@H]1F. The molecule has 3 N–H and O–H groups in total. The summed E-state index contributed by atoms with van der Waals surface area (Å²) in [6.45, 7) is 1.24. The van der Waals surface area contributed by atoms with Crippen molar-refractivity contribution in [3.8, 4) is 0 Å². The van der Waals surface area contributed by atoms with E-state index in [2.05, 4.69) is 5.10 Å². The van der Waals surface area contributed by atoms with Crippen LogP contribution >= 0.6 is 0 Å². The number of aliphatic carboxylic acids is 2. The number of benzene rings is 1. The quantitative estimate of drug-likeness (QED) is 0.508. The average molecular weight is 422 g/mol. The van der Waals surface area contributed by atoms with Crippen molar-refractivity contribution in [2.75, 3.05) is 6.61 Å². The summed E-state index contributed by atoms with van der Waals surface area (Å²) in [5.41, 5.74) is -1.34. The summed E-state index contributed by atoms with van der Waals surface area (Å²) in [4.78, 5) is 23.7. The highest BCUT2D eigenvalue weighted by atomic mass is 19.1. The molecular formula is C20H23FN2O7. The number of aliphatic hydroxyl groups is 1. The number of carboxylic acid groups (broad SMARTS) is 2. The fourth-order valence-corrected chi connectivity index (χ4v) is 3.34. The molecule has 2 heterocycles. The maximum Gasteiger partial charge on any atom is 0.348 e. The lowest BCUT2D eigenvalue weighted by atomic mass is 9.96. The maximum atomic E-state index is 13.8. The van der Waals surface area contributed by atoms with Gasteiger partial charge >= 0.3 is 11.9 Å². The lowest BCUT2D eigenvalue weighted by Gasteiger charge is -2.27. The predicted octanol–water partition coefficient (Wildman–Crippen LogP) is 0.885. The highest BCUT2D eigenvalue weighted by Gasteiger charge is 2.51. The van der Waals surface area contributed by atoms with Gasteiger partial charge in [0.25, 0.3) is 5.60 Å². The van der Waals surface area contributed by atoms with Gasteiger partial charge in [-0.1, -0.05) is 30.3 Å². The first kappa shape index (κ1) is 21.9. The molecule has 0 spiro atoms. The Hall–Kier alpha value is -2.82. The topological polar surface area (TPSA) is 131 Å². The van der Waals surface area contributed by atoms with Crippen LogP contribution in [0.1, 0.15) is 18.1 Å². The molecular weight excluding hydrogens is 399 g/mol. The Labute approximate surface area is 171 Å². The first-order valence-electron chi connectivity index (χ1n) is 9.36. The normalized spacial score (nSPS) is 24.1. The van der Waals surface area contributed by atoms with Crippen molar-refractivity contribution in [1.82, 2.24) is 9.78 Å². The van der Waals surface area contributed by atoms with Crippen LogP contribution < -0.4 is 0 Å². The summed E-state index contributed by atoms with van der Waals surface area (Å²) < 4.78 is 25.8. The third-order valence-corrected chi connectivity index (χ3v) is 5.06. The Morgan fingerprint density at radius 1 is 1.23 bits per heavy atom. The largest absolute Gasteiger partial charge is 0.479 e. The zero-order chi connectivity index (χ0) is 21.9. The van der Waals surface area contributed by atoms with E-state index < -0.39 is 55.1 Å². The van der Waals surface area contributed by atoms with Gasteiger partial charge in [-0.3, -0.25) is 4.68 Å². The minimum absolute atomic E-state index is 0.334. The number of aromatic nitrogens is 2. The number of ether oxygens (including phenoxy) is 2. The van der Waals surface area contributed by atoms with Gasteiger partial charge in [-0.2, -0.15) is 5.10 Å². The molecule has 1 aliphatic heterocycles. The van der Waals surface area contributed by atoms with Gasteiger partial charge in [0.1, 0.15) is 12.2 Å². The van der Waals surface area contributed by atoms with Gasteiger partial charge in [0.2, 0.25) is 0 Å².